The third-order valence-electron chi connectivity index (χ3n) is 3.04. The van der Waals surface area contributed by atoms with Gasteiger partial charge in [0.15, 0.2) is 0 Å². The van der Waals surface area contributed by atoms with Crippen molar-refractivity contribution in [3.63, 3.8) is 0 Å². The first-order valence-electron chi connectivity index (χ1n) is 5.52. The van der Waals surface area contributed by atoms with Crippen molar-refractivity contribution in [3.8, 4) is 0 Å². The Balaban J connectivity index is 0.00000128. The van der Waals surface area contributed by atoms with E-state index in [0.29, 0.717) is 6.54 Å². The summed E-state index contributed by atoms with van der Waals surface area (Å²) in [7, 11) is 2.18. The first-order chi connectivity index (χ1) is 7.29. The fraction of sp³-hybridized carbons (Fsp3) is 0.500. The van der Waals surface area contributed by atoms with Gasteiger partial charge in [0.1, 0.15) is 0 Å². The molecule has 0 unspecified atom stereocenters. The van der Waals surface area contributed by atoms with Gasteiger partial charge in [0, 0.05) is 38.4 Å². The second-order valence-electron chi connectivity index (χ2n) is 4.16. The van der Waals surface area contributed by atoms with Gasteiger partial charge in [0.2, 0.25) is 0 Å². The normalized spacial score (nSPS) is 17.0. The van der Waals surface area contributed by atoms with Crippen LogP contribution in [0.4, 0.5) is 5.69 Å². The number of hydrogen-bond donors (Lipinski definition) is 1. The van der Waals surface area contributed by atoms with Crippen LogP contribution in [0.1, 0.15) is 5.56 Å². The van der Waals surface area contributed by atoms with Gasteiger partial charge in [0.05, 0.1) is 0 Å². The number of likely N-dealkylation sites (N-methyl/N-ethyl adjacent to an activating group) is 1. The van der Waals surface area contributed by atoms with Crippen LogP contribution in [0, 0.1) is 0 Å². The molecule has 1 aliphatic heterocycles. The Morgan fingerprint density at radius 1 is 1.06 bits per heavy atom. The minimum absolute atomic E-state index is 0. The van der Waals surface area contributed by atoms with Crippen LogP contribution in [0.25, 0.3) is 0 Å². The van der Waals surface area contributed by atoms with Crippen molar-refractivity contribution < 1.29 is 0 Å². The lowest BCUT2D eigenvalue weighted by atomic mass is 10.2. The number of halogens is 1. The number of piperazine rings is 1. The van der Waals surface area contributed by atoms with Crippen molar-refractivity contribution in [2.75, 3.05) is 38.1 Å². The molecule has 16 heavy (non-hydrogen) atoms. The Hall–Kier alpha value is -0.770. The number of nitrogens with two attached hydrogens (primary N) is 1. The molecule has 0 amide bonds. The predicted molar refractivity (Wildman–Crippen MR) is 71.3 cm³/mol. The van der Waals surface area contributed by atoms with E-state index in [-0.39, 0.29) is 12.4 Å². The molecule has 1 aromatic carbocycles. The highest BCUT2D eigenvalue weighted by molar-refractivity contribution is 5.85. The van der Waals surface area contributed by atoms with Crippen molar-refractivity contribution >= 4 is 18.1 Å². The average Bonchev–Trinajstić information content (AvgIpc) is 2.30. The topological polar surface area (TPSA) is 32.5 Å². The molecule has 0 radical (unpaired) electrons. The van der Waals surface area contributed by atoms with E-state index in [1.807, 2.05) is 0 Å². The van der Waals surface area contributed by atoms with Crippen LogP contribution in [-0.2, 0) is 6.54 Å². The lowest BCUT2D eigenvalue weighted by Gasteiger charge is -2.34. The highest BCUT2D eigenvalue weighted by Gasteiger charge is 2.13. The van der Waals surface area contributed by atoms with Crippen LogP contribution in [0.15, 0.2) is 24.3 Å². The molecule has 1 heterocycles. The molecule has 1 aromatic rings. The zero-order valence-electron chi connectivity index (χ0n) is 9.72. The van der Waals surface area contributed by atoms with Crippen molar-refractivity contribution in [1.29, 1.82) is 0 Å². The first-order valence-corrected chi connectivity index (χ1v) is 5.52. The monoisotopic (exact) mass is 241 g/mol. The van der Waals surface area contributed by atoms with E-state index < -0.39 is 0 Å². The van der Waals surface area contributed by atoms with Crippen LogP contribution in [0.5, 0.6) is 0 Å². The summed E-state index contributed by atoms with van der Waals surface area (Å²) in [5.41, 5.74) is 8.10. The molecule has 2 N–H and O–H groups in total. The first kappa shape index (κ1) is 13.3. The number of nitrogens with zero attached hydrogens (tertiary/aromatic N) is 2. The van der Waals surface area contributed by atoms with Gasteiger partial charge < -0.3 is 15.5 Å². The Labute approximate surface area is 104 Å². The molecule has 0 aliphatic carbocycles. The zero-order valence-corrected chi connectivity index (χ0v) is 10.5. The summed E-state index contributed by atoms with van der Waals surface area (Å²) in [6.07, 6.45) is 0. The van der Waals surface area contributed by atoms with Crippen LogP contribution in [0.2, 0.25) is 0 Å². The maximum atomic E-state index is 5.58. The molecule has 3 nitrogen and oxygen atoms in total. The summed E-state index contributed by atoms with van der Waals surface area (Å²) in [5, 5.41) is 0. The summed E-state index contributed by atoms with van der Waals surface area (Å²) in [6, 6.07) is 8.59. The maximum Gasteiger partial charge on any atom is 0.0367 e. The van der Waals surface area contributed by atoms with Gasteiger partial charge in [-0.2, -0.15) is 0 Å². The molecule has 4 heteroatoms. The van der Waals surface area contributed by atoms with Crippen molar-refractivity contribution in [2.45, 2.75) is 6.54 Å². The summed E-state index contributed by atoms with van der Waals surface area (Å²) in [5.74, 6) is 0. The average molecular weight is 242 g/mol. The number of benzene rings is 1. The molecule has 1 fully saturated rings. The van der Waals surface area contributed by atoms with Crippen molar-refractivity contribution in [3.05, 3.63) is 29.8 Å². The molecule has 0 atom stereocenters. The minimum atomic E-state index is 0. The van der Waals surface area contributed by atoms with E-state index in [4.69, 9.17) is 5.73 Å². The third kappa shape index (κ3) is 3.11. The second kappa shape index (κ2) is 6.09. The van der Waals surface area contributed by atoms with Gasteiger partial charge in [-0.1, -0.05) is 12.1 Å². The van der Waals surface area contributed by atoms with Gasteiger partial charge in [-0.05, 0) is 24.7 Å². The van der Waals surface area contributed by atoms with Gasteiger partial charge in [0.25, 0.3) is 0 Å². The molecule has 0 spiro atoms. The quantitative estimate of drug-likeness (QED) is 0.848. The SMILES string of the molecule is CN1CCN(c2ccc(CN)cc2)CC1.Cl. The molecule has 0 saturated carbocycles. The second-order valence-corrected chi connectivity index (χ2v) is 4.16. The van der Waals surface area contributed by atoms with E-state index in [1.165, 1.54) is 11.3 Å². The zero-order chi connectivity index (χ0) is 10.7. The molecule has 0 aromatic heterocycles. The summed E-state index contributed by atoms with van der Waals surface area (Å²) in [4.78, 5) is 4.80. The maximum absolute atomic E-state index is 5.58. The third-order valence-corrected chi connectivity index (χ3v) is 3.04. The van der Waals surface area contributed by atoms with Gasteiger partial charge in [-0.15, -0.1) is 12.4 Å². The van der Waals surface area contributed by atoms with Gasteiger partial charge >= 0.3 is 0 Å². The van der Waals surface area contributed by atoms with Gasteiger partial charge in [-0.25, -0.2) is 0 Å². The largest absolute Gasteiger partial charge is 0.369 e. The Morgan fingerprint density at radius 3 is 2.12 bits per heavy atom. The van der Waals surface area contributed by atoms with E-state index in [2.05, 4.69) is 41.1 Å². The fourth-order valence-electron chi connectivity index (χ4n) is 1.91. The molecule has 2 rings (SSSR count). The Kier molecular flexibility index (Phi) is 5.06. The lowest BCUT2D eigenvalue weighted by molar-refractivity contribution is 0.313. The molecule has 1 aliphatic rings. The number of anilines is 1. The molecular weight excluding hydrogens is 222 g/mol. The highest BCUT2D eigenvalue weighted by atomic mass is 35.5. The van der Waals surface area contributed by atoms with Crippen molar-refractivity contribution in [2.24, 2.45) is 5.73 Å². The molecule has 1 saturated heterocycles. The predicted octanol–water partition coefficient (Wildman–Crippen LogP) is 1.32. The van der Waals surface area contributed by atoms with E-state index in [0.717, 1.165) is 26.2 Å². The number of rotatable bonds is 2. The number of hydrogen-bond acceptors (Lipinski definition) is 3. The summed E-state index contributed by atoms with van der Waals surface area (Å²) < 4.78 is 0. The van der Waals surface area contributed by atoms with Crippen LogP contribution < -0.4 is 10.6 Å². The van der Waals surface area contributed by atoms with Gasteiger partial charge in [-0.3, -0.25) is 0 Å². The lowest BCUT2D eigenvalue weighted by Crippen LogP contribution is -2.44. The fourth-order valence-corrected chi connectivity index (χ4v) is 1.91. The molecule has 0 bridgehead atoms. The van der Waals surface area contributed by atoms with E-state index in [9.17, 15) is 0 Å². The highest BCUT2D eigenvalue weighted by Crippen LogP contribution is 2.16. The Bertz CT molecular complexity index is 305. The molecule has 90 valence electrons. The van der Waals surface area contributed by atoms with Crippen molar-refractivity contribution in [1.82, 2.24) is 4.90 Å². The van der Waals surface area contributed by atoms with E-state index >= 15 is 0 Å². The van der Waals surface area contributed by atoms with E-state index in [1.54, 1.807) is 0 Å². The van der Waals surface area contributed by atoms with Crippen LogP contribution >= 0.6 is 12.4 Å². The van der Waals surface area contributed by atoms with Crippen LogP contribution in [-0.4, -0.2) is 38.1 Å². The Morgan fingerprint density at radius 2 is 1.62 bits per heavy atom. The standard InChI is InChI=1S/C12H19N3.ClH/c1-14-6-8-15(9-7-14)12-4-2-11(10-13)3-5-12;/h2-5H,6-10,13H2,1H3;1H. The summed E-state index contributed by atoms with van der Waals surface area (Å²) in [6.45, 7) is 5.18. The smallest absolute Gasteiger partial charge is 0.0367 e. The molecular formula is C12H20ClN3. The summed E-state index contributed by atoms with van der Waals surface area (Å²) >= 11 is 0. The van der Waals surface area contributed by atoms with Crippen LogP contribution in [0.3, 0.4) is 0 Å². The minimum Gasteiger partial charge on any atom is -0.369 e.